The molecular weight excluding hydrogens is 648 g/mol. The molecular formula is C38H52N8O5. The van der Waals surface area contributed by atoms with E-state index in [1.807, 2.05) is 37.3 Å². The Kier molecular flexibility index (Phi) is 12.7. The average molecular weight is 701 g/mol. The molecule has 3 aromatic rings. The van der Waals surface area contributed by atoms with Crippen molar-refractivity contribution < 1.29 is 23.9 Å². The van der Waals surface area contributed by atoms with Crippen LogP contribution in [0.5, 0.6) is 0 Å². The van der Waals surface area contributed by atoms with Crippen LogP contribution in [0.2, 0.25) is 0 Å². The third kappa shape index (κ3) is 10.3. The van der Waals surface area contributed by atoms with E-state index in [1.54, 1.807) is 27.7 Å². The maximum absolute atomic E-state index is 13.4. The summed E-state index contributed by atoms with van der Waals surface area (Å²) in [7, 11) is 0. The Labute approximate surface area is 300 Å². The molecule has 0 radical (unpaired) electrons. The minimum atomic E-state index is -1.10. The summed E-state index contributed by atoms with van der Waals surface area (Å²) in [4.78, 5) is 56.0. The van der Waals surface area contributed by atoms with Gasteiger partial charge >= 0.3 is 18.0 Å². The van der Waals surface area contributed by atoms with Crippen molar-refractivity contribution in [1.82, 2.24) is 25.6 Å². The largest absolute Gasteiger partial charge is 0.464 e. The number of hydrogen-bond donors (Lipinski definition) is 4. The van der Waals surface area contributed by atoms with Crippen LogP contribution in [0.4, 0.5) is 22.2 Å². The number of benzene rings is 1. The number of aryl methyl sites for hydroxylation is 1. The number of nitrogens with zero attached hydrogens (tertiary/aromatic N) is 4. The Bertz CT molecular complexity index is 1640. The normalized spacial score (nSPS) is 15.8. The highest BCUT2D eigenvalue weighted by atomic mass is 16.6. The summed E-state index contributed by atoms with van der Waals surface area (Å²) >= 11 is 0. The number of piperidine rings is 1. The monoisotopic (exact) mass is 700 g/mol. The number of hydrogen-bond acceptors (Lipinski definition) is 11. The van der Waals surface area contributed by atoms with E-state index in [9.17, 15) is 14.4 Å². The molecule has 1 unspecified atom stereocenters. The van der Waals surface area contributed by atoms with E-state index in [-0.39, 0.29) is 19.6 Å². The smallest absolute Gasteiger partial charge is 0.331 e. The summed E-state index contributed by atoms with van der Waals surface area (Å²) in [5.41, 5.74) is 3.42. The van der Waals surface area contributed by atoms with Crippen LogP contribution in [0.3, 0.4) is 0 Å². The van der Waals surface area contributed by atoms with Crippen LogP contribution in [0.25, 0.3) is 0 Å². The minimum Gasteiger partial charge on any atom is -0.464 e. The fourth-order valence-electron chi connectivity index (χ4n) is 6.52. The van der Waals surface area contributed by atoms with Gasteiger partial charge in [0.05, 0.1) is 6.61 Å². The van der Waals surface area contributed by atoms with E-state index >= 15 is 0 Å². The Hall–Kier alpha value is -4.94. The second-order valence-electron chi connectivity index (χ2n) is 14.0. The Morgan fingerprint density at radius 1 is 0.980 bits per heavy atom. The number of urea groups is 1. The van der Waals surface area contributed by atoms with Gasteiger partial charge in [0.25, 0.3) is 0 Å². The molecule has 0 saturated carbocycles. The van der Waals surface area contributed by atoms with Gasteiger partial charge in [-0.1, -0.05) is 43.3 Å². The lowest BCUT2D eigenvalue weighted by atomic mass is 9.92. The Balaban J connectivity index is 1.26. The molecule has 2 atom stereocenters. The molecule has 2 amide bonds. The fourth-order valence-corrected chi connectivity index (χ4v) is 6.52. The van der Waals surface area contributed by atoms with Crippen molar-refractivity contribution in [2.24, 2.45) is 0 Å². The number of amides is 2. The zero-order valence-corrected chi connectivity index (χ0v) is 30.5. The van der Waals surface area contributed by atoms with Crippen molar-refractivity contribution in [3.05, 3.63) is 71.2 Å². The van der Waals surface area contributed by atoms with E-state index in [1.165, 1.54) is 11.9 Å². The van der Waals surface area contributed by atoms with Gasteiger partial charge in [0.1, 0.15) is 41.5 Å². The van der Waals surface area contributed by atoms with Gasteiger partial charge in [-0.3, -0.25) is 0 Å². The molecule has 0 aliphatic carbocycles. The molecule has 2 aromatic heterocycles. The minimum absolute atomic E-state index is 0.00530. The van der Waals surface area contributed by atoms with Crippen molar-refractivity contribution in [3.63, 3.8) is 0 Å². The van der Waals surface area contributed by atoms with Crippen LogP contribution >= 0.6 is 0 Å². The molecule has 51 heavy (non-hydrogen) atoms. The molecule has 2 aliphatic heterocycles. The number of rotatable bonds is 13. The fraction of sp³-hybridized carbons (Fsp3) is 0.526. The number of carbonyl (C=O) groups is 3. The highest BCUT2D eigenvalue weighted by molar-refractivity contribution is 5.87. The van der Waals surface area contributed by atoms with Gasteiger partial charge in [-0.15, -0.1) is 0 Å². The molecule has 1 saturated heterocycles. The number of nitrogens with one attached hydrogen (secondary N) is 4. The first kappa shape index (κ1) is 37.3. The zero-order chi connectivity index (χ0) is 36.4. The van der Waals surface area contributed by atoms with E-state index < -0.39 is 35.7 Å². The summed E-state index contributed by atoms with van der Waals surface area (Å²) in [5, 5.41) is 12.2. The maximum Gasteiger partial charge on any atom is 0.331 e. The lowest BCUT2D eigenvalue weighted by molar-refractivity contribution is -0.156. The highest BCUT2D eigenvalue weighted by Crippen LogP contribution is 2.33. The highest BCUT2D eigenvalue weighted by Gasteiger charge is 2.31. The lowest BCUT2D eigenvalue weighted by Crippen LogP contribution is -2.54. The SMILES string of the molecule is CCOC(=O)C(Cc1ccccc1)NC(=O)N[C@@H](CNc1ncnc(N2CCC(c3ccc4c(n3)NCCC4)CC2)c1CC)C(=O)OC(C)(C)C. The van der Waals surface area contributed by atoms with Gasteiger partial charge in [0, 0.05) is 49.8 Å². The van der Waals surface area contributed by atoms with Crippen LogP contribution in [0, 0.1) is 0 Å². The Morgan fingerprint density at radius 2 is 1.73 bits per heavy atom. The molecule has 4 heterocycles. The number of aromatic nitrogens is 3. The van der Waals surface area contributed by atoms with Gasteiger partial charge in [0.15, 0.2) is 0 Å². The van der Waals surface area contributed by atoms with Crippen LogP contribution in [-0.2, 0) is 38.3 Å². The number of pyridine rings is 1. The van der Waals surface area contributed by atoms with E-state index in [2.05, 4.69) is 48.3 Å². The van der Waals surface area contributed by atoms with Crippen molar-refractivity contribution >= 4 is 35.4 Å². The van der Waals surface area contributed by atoms with Crippen molar-refractivity contribution in [1.29, 1.82) is 0 Å². The van der Waals surface area contributed by atoms with E-state index in [0.717, 1.165) is 73.8 Å². The molecule has 0 bridgehead atoms. The molecule has 2 aliphatic rings. The maximum atomic E-state index is 13.4. The van der Waals surface area contributed by atoms with Gasteiger partial charge < -0.3 is 35.6 Å². The zero-order valence-electron chi connectivity index (χ0n) is 30.5. The molecule has 0 spiro atoms. The van der Waals surface area contributed by atoms with Gasteiger partial charge in [-0.25, -0.2) is 29.3 Å². The molecule has 13 nitrogen and oxygen atoms in total. The van der Waals surface area contributed by atoms with E-state index in [0.29, 0.717) is 18.2 Å². The molecule has 5 rings (SSSR count). The summed E-state index contributed by atoms with van der Waals surface area (Å²) in [5.74, 6) is 1.65. The van der Waals surface area contributed by atoms with Crippen molar-refractivity contribution in [3.8, 4) is 0 Å². The van der Waals surface area contributed by atoms with Gasteiger partial charge in [-0.05, 0) is 77.0 Å². The van der Waals surface area contributed by atoms with Crippen LogP contribution in [-0.4, -0.2) is 83.4 Å². The molecule has 4 N–H and O–H groups in total. The summed E-state index contributed by atoms with van der Waals surface area (Å²) in [6, 6.07) is 11.0. The molecule has 274 valence electrons. The summed E-state index contributed by atoms with van der Waals surface area (Å²) in [6.45, 7) is 11.8. The van der Waals surface area contributed by atoms with Gasteiger partial charge in [-0.2, -0.15) is 0 Å². The number of fused-ring (bicyclic) bond motifs is 1. The molecule has 1 aromatic carbocycles. The predicted octanol–water partition coefficient (Wildman–Crippen LogP) is 4.77. The third-order valence-corrected chi connectivity index (χ3v) is 9.03. The van der Waals surface area contributed by atoms with Crippen molar-refractivity contribution in [2.45, 2.75) is 96.7 Å². The number of carbonyl (C=O) groups excluding carboxylic acids is 3. The molecule has 13 heteroatoms. The first-order valence-corrected chi connectivity index (χ1v) is 18.1. The summed E-state index contributed by atoms with van der Waals surface area (Å²) < 4.78 is 10.9. The quantitative estimate of drug-likeness (QED) is 0.182. The average Bonchev–Trinajstić information content (AvgIpc) is 3.12. The third-order valence-electron chi connectivity index (χ3n) is 9.03. The molecule has 1 fully saturated rings. The van der Waals surface area contributed by atoms with E-state index in [4.69, 9.17) is 14.5 Å². The standard InChI is InChI=1S/C38H52N8O5/c1-6-28-33(41-24-42-34(28)46-20-17-26(18-21-46)29-16-15-27-14-11-19-39-32(27)43-29)40-23-31(36(48)51-38(3,4)5)45-37(49)44-30(35(47)50-7-2)22-25-12-9-8-10-13-25/h8-10,12-13,15-16,24,26,30-31H,6-7,11,14,17-23H2,1-5H3,(H,39,43)(H,40,41,42)(H2,44,45,49)/t30?,31-/m0/s1. The number of ether oxygens (including phenoxy) is 2. The van der Waals surface area contributed by atoms with Crippen LogP contribution in [0.1, 0.15) is 82.2 Å². The lowest BCUT2D eigenvalue weighted by Gasteiger charge is -2.34. The van der Waals surface area contributed by atoms with Gasteiger partial charge in [0.2, 0.25) is 0 Å². The Morgan fingerprint density at radius 3 is 2.43 bits per heavy atom. The number of anilines is 3. The predicted molar refractivity (Wildman–Crippen MR) is 197 cm³/mol. The first-order chi connectivity index (χ1) is 24.5. The second-order valence-corrected chi connectivity index (χ2v) is 14.0. The topological polar surface area (TPSA) is 160 Å². The van der Waals surface area contributed by atoms with Crippen molar-refractivity contribution in [2.75, 3.05) is 48.3 Å². The number of esters is 2. The first-order valence-electron chi connectivity index (χ1n) is 18.1. The van der Waals surface area contributed by atoms with Crippen LogP contribution in [0.15, 0.2) is 48.8 Å². The van der Waals surface area contributed by atoms with Crippen LogP contribution < -0.4 is 26.2 Å². The summed E-state index contributed by atoms with van der Waals surface area (Å²) in [6.07, 6.45) is 6.53. The second kappa shape index (κ2) is 17.3.